The summed E-state index contributed by atoms with van der Waals surface area (Å²) in [5.74, 6) is 0. The van der Waals surface area contributed by atoms with E-state index < -0.39 is 17.4 Å². The number of nitrogens with zero attached hydrogens (tertiary/aromatic N) is 3. The summed E-state index contributed by atoms with van der Waals surface area (Å²) in [6, 6.07) is 2.71. The van der Waals surface area contributed by atoms with Gasteiger partial charge in [-0.15, -0.1) is 0 Å². The minimum Gasteiger partial charge on any atom is -0.303 e. The van der Waals surface area contributed by atoms with E-state index in [-0.39, 0.29) is 6.04 Å². The summed E-state index contributed by atoms with van der Waals surface area (Å²) in [7, 11) is 1.64. The Morgan fingerprint density at radius 1 is 1.56 bits per heavy atom. The third kappa shape index (κ3) is 3.23. The van der Waals surface area contributed by atoms with E-state index in [1.54, 1.807) is 20.9 Å². The molecular formula is C11H15F3N4. The first-order valence-electron chi connectivity index (χ1n) is 5.44. The SMILES string of the molecule is CNC(C)(C#N)CC(C)n1ccc(C(F)(F)F)n1. The minimum atomic E-state index is -4.44. The van der Waals surface area contributed by atoms with Gasteiger partial charge in [-0.3, -0.25) is 4.68 Å². The van der Waals surface area contributed by atoms with Gasteiger partial charge in [0.05, 0.1) is 12.1 Å². The Kier molecular flexibility index (Phi) is 4.02. The van der Waals surface area contributed by atoms with Crippen LogP contribution in [0.25, 0.3) is 0 Å². The number of hydrogen-bond donors (Lipinski definition) is 1. The third-order valence-electron chi connectivity index (χ3n) is 2.85. The number of nitrogens with one attached hydrogen (secondary N) is 1. The number of nitriles is 1. The maximum atomic E-state index is 12.4. The second kappa shape index (κ2) is 4.98. The lowest BCUT2D eigenvalue weighted by Crippen LogP contribution is -2.40. The van der Waals surface area contributed by atoms with Crippen molar-refractivity contribution in [2.24, 2.45) is 0 Å². The molecule has 0 radical (unpaired) electrons. The van der Waals surface area contributed by atoms with Gasteiger partial charge in [0.25, 0.3) is 0 Å². The molecule has 7 heteroatoms. The van der Waals surface area contributed by atoms with Gasteiger partial charge in [0, 0.05) is 12.6 Å². The van der Waals surface area contributed by atoms with E-state index in [0.717, 1.165) is 6.07 Å². The van der Waals surface area contributed by atoms with Gasteiger partial charge in [0.2, 0.25) is 0 Å². The Bertz CT molecular complexity index is 446. The largest absolute Gasteiger partial charge is 0.435 e. The van der Waals surface area contributed by atoms with Gasteiger partial charge in [-0.2, -0.15) is 23.5 Å². The molecule has 1 rings (SSSR count). The normalized spacial score (nSPS) is 16.9. The highest BCUT2D eigenvalue weighted by atomic mass is 19.4. The molecule has 0 aliphatic carbocycles. The smallest absolute Gasteiger partial charge is 0.303 e. The molecule has 18 heavy (non-hydrogen) atoms. The van der Waals surface area contributed by atoms with E-state index >= 15 is 0 Å². The van der Waals surface area contributed by atoms with Gasteiger partial charge in [-0.1, -0.05) is 0 Å². The lowest BCUT2D eigenvalue weighted by atomic mass is 9.96. The van der Waals surface area contributed by atoms with Crippen molar-refractivity contribution in [3.63, 3.8) is 0 Å². The lowest BCUT2D eigenvalue weighted by Gasteiger charge is -2.24. The number of aromatic nitrogens is 2. The van der Waals surface area contributed by atoms with Crippen LogP contribution >= 0.6 is 0 Å². The third-order valence-corrected chi connectivity index (χ3v) is 2.85. The maximum Gasteiger partial charge on any atom is 0.435 e. The summed E-state index contributed by atoms with van der Waals surface area (Å²) in [5, 5.41) is 15.3. The molecule has 1 aromatic heterocycles. The van der Waals surface area contributed by atoms with Crippen LogP contribution in [0.1, 0.15) is 32.0 Å². The summed E-state index contributed by atoms with van der Waals surface area (Å²) in [6.07, 6.45) is -2.80. The molecule has 0 saturated heterocycles. The van der Waals surface area contributed by atoms with Crippen LogP contribution in [0, 0.1) is 11.3 Å². The number of hydrogen-bond acceptors (Lipinski definition) is 3. The topological polar surface area (TPSA) is 53.6 Å². The van der Waals surface area contributed by atoms with Crippen LogP contribution in [-0.2, 0) is 6.18 Å². The Morgan fingerprint density at radius 3 is 2.56 bits per heavy atom. The maximum absolute atomic E-state index is 12.4. The zero-order valence-electron chi connectivity index (χ0n) is 10.4. The van der Waals surface area contributed by atoms with Crippen LogP contribution in [0.4, 0.5) is 13.2 Å². The summed E-state index contributed by atoms with van der Waals surface area (Å²) >= 11 is 0. The molecule has 1 aromatic rings. The zero-order chi connectivity index (χ0) is 14.0. The molecule has 0 aliphatic rings. The molecule has 4 nitrogen and oxygen atoms in total. The van der Waals surface area contributed by atoms with Crippen LogP contribution in [0.2, 0.25) is 0 Å². The molecule has 0 saturated carbocycles. The molecular weight excluding hydrogens is 245 g/mol. The molecule has 0 spiro atoms. The molecule has 0 aromatic carbocycles. The zero-order valence-corrected chi connectivity index (χ0v) is 10.4. The Morgan fingerprint density at radius 2 is 2.17 bits per heavy atom. The first-order chi connectivity index (χ1) is 8.22. The summed E-state index contributed by atoms with van der Waals surface area (Å²) in [4.78, 5) is 0. The van der Waals surface area contributed by atoms with Crippen molar-refractivity contribution < 1.29 is 13.2 Å². The quantitative estimate of drug-likeness (QED) is 0.904. The predicted octanol–water partition coefficient (Wildman–Crippen LogP) is 2.35. The molecule has 2 atom stereocenters. The summed E-state index contributed by atoms with van der Waals surface area (Å²) in [6.45, 7) is 3.41. The van der Waals surface area contributed by atoms with Gasteiger partial charge < -0.3 is 5.32 Å². The van der Waals surface area contributed by atoms with Gasteiger partial charge in [0.15, 0.2) is 5.69 Å². The fourth-order valence-electron chi connectivity index (χ4n) is 1.62. The number of alkyl halides is 3. The second-order valence-corrected chi connectivity index (χ2v) is 4.43. The second-order valence-electron chi connectivity index (χ2n) is 4.43. The van der Waals surface area contributed by atoms with Gasteiger partial charge >= 0.3 is 6.18 Å². The van der Waals surface area contributed by atoms with Crippen molar-refractivity contribution in [2.75, 3.05) is 7.05 Å². The number of halogens is 3. The average Bonchev–Trinajstić information content (AvgIpc) is 2.77. The van der Waals surface area contributed by atoms with Crippen molar-refractivity contribution in [3.8, 4) is 6.07 Å². The van der Waals surface area contributed by atoms with E-state index in [2.05, 4.69) is 16.5 Å². The van der Waals surface area contributed by atoms with Crippen molar-refractivity contribution in [1.82, 2.24) is 15.1 Å². The van der Waals surface area contributed by atoms with Crippen molar-refractivity contribution >= 4 is 0 Å². The van der Waals surface area contributed by atoms with E-state index in [4.69, 9.17) is 5.26 Å². The van der Waals surface area contributed by atoms with Crippen LogP contribution in [0.5, 0.6) is 0 Å². The molecule has 100 valence electrons. The molecule has 0 fully saturated rings. The highest BCUT2D eigenvalue weighted by molar-refractivity contribution is 5.07. The van der Waals surface area contributed by atoms with Crippen LogP contribution in [-0.4, -0.2) is 22.4 Å². The number of rotatable bonds is 4. The monoisotopic (exact) mass is 260 g/mol. The fourth-order valence-corrected chi connectivity index (χ4v) is 1.62. The Labute approximate surface area is 103 Å². The Hall–Kier alpha value is -1.55. The molecule has 0 amide bonds. The molecule has 2 unspecified atom stereocenters. The fraction of sp³-hybridized carbons (Fsp3) is 0.636. The van der Waals surface area contributed by atoms with Gasteiger partial charge in [0.1, 0.15) is 5.54 Å². The van der Waals surface area contributed by atoms with E-state index in [1.807, 2.05) is 0 Å². The average molecular weight is 260 g/mol. The van der Waals surface area contributed by atoms with Gasteiger partial charge in [-0.05, 0) is 27.0 Å². The lowest BCUT2D eigenvalue weighted by molar-refractivity contribution is -0.141. The van der Waals surface area contributed by atoms with E-state index in [9.17, 15) is 13.2 Å². The first-order valence-corrected chi connectivity index (χ1v) is 5.44. The molecule has 0 aliphatic heterocycles. The highest BCUT2D eigenvalue weighted by Crippen LogP contribution is 2.28. The predicted molar refractivity (Wildman–Crippen MR) is 59.6 cm³/mol. The molecule has 1 heterocycles. The van der Waals surface area contributed by atoms with Crippen molar-refractivity contribution in [1.29, 1.82) is 5.26 Å². The van der Waals surface area contributed by atoms with Crippen LogP contribution < -0.4 is 5.32 Å². The summed E-state index contributed by atoms with van der Waals surface area (Å²) in [5.41, 5.74) is -1.71. The van der Waals surface area contributed by atoms with E-state index in [1.165, 1.54) is 10.9 Å². The standard InChI is InChI=1S/C11H15F3N4/c1-8(6-10(2,7-15)16-3)18-5-4-9(17-18)11(12,13)14/h4-5,8,16H,6H2,1-3H3. The Balaban J connectivity index is 2.83. The van der Waals surface area contributed by atoms with Crippen molar-refractivity contribution in [3.05, 3.63) is 18.0 Å². The molecule has 0 bridgehead atoms. The van der Waals surface area contributed by atoms with E-state index in [0.29, 0.717) is 6.42 Å². The van der Waals surface area contributed by atoms with Crippen LogP contribution in [0.15, 0.2) is 12.3 Å². The summed E-state index contributed by atoms with van der Waals surface area (Å²) < 4.78 is 38.4. The van der Waals surface area contributed by atoms with Crippen molar-refractivity contribution in [2.45, 2.75) is 38.0 Å². The van der Waals surface area contributed by atoms with Crippen LogP contribution in [0.3, 0.4) is 0 Å². The first kappa shape index (κ1) is 14.5. The highest BCUT2D eigenvalue weighted by Gasteiger charge is 2.34. The minimum absolute atomic E-state index is 0.307. The molecule has 1 N–H and O–H groups in total. The van der Waals surface area contributed by atoms with Gasteiger partial charge in [-0.25, -0.2) is 0 Å².